The highest BCUT2D eigenvalue weighted by Gasteiger charge is 2.31. The Morgan fingerprint density at radius 3 is 2.53 bits per heavy atom. The van der Waals surface area contributed by atoms with E-state index in [1.54, 1.807) is 6.92 Å². The van der Waals surface area contributed by atoms with E-state index in [1.807, 2.05) is 4.90 Å². The fourth-order valence-corrected chi connectivity index (χ4v) is 4.32. The van der Waals surface area contributed by atoms with Crippen LogP contribution >= 0.6 is 0 Å². The lowest BCUT2D eigenvalue weighted by Gasteiger charge is -2.38. The number of ether oxygens (including phenoxy) is 1. The molecule has 0 spiro atoms. The average molecular weight is 418 g/mol. The molecule has 1 aromatic rings. The van der Waals surface area contributed by atoms with Crippen LogP contribution in [0.3, 0.4) is 0 Å². The van der Waals surface area contributed by atoms with Crippen LogP contribution in [0.25, 0.3) is 0 Å². The number of carbonyl (C=O) groups is 2. The molecule has 1 N–H and O–H groups in total. The van der Waals surface area contributed by atoms with Gasteiger partial charge in [-0.2, -0.15) is 0 Å². The highest BCUT2D eigenvalue weighted by Crippen LogP contribution is 2.31. The smallest absolute Gasteiger partial charge is 0.287 e. The van der Waals surface area contributed by atoms with E-state index in [1.165, 1.54) is 31.5 Å². The molecule has 2 aliphatic heterocycles. The fraction of sp³-hybridized carbons (Fsp3) is 0.682. The zero-order valence-corrected chi connectivity index (χ0v) is 17.6. The van der Waals surface area contributed by atoms with Crippen LogP contribution in [0.1, 0.15) is 42.0 Å². The van der Waals surface area contributed by atoms with Crippen LogP contribution in [0.5, 0.6) is 0 Å². The molecular formula is C22H31N3O5. The summed E-state index contributed by atoms with van der Waals surface area (Å²) in [7, 11) is 0. The SMILES string of the molecule is Cc1cc(=O)cc(C(=O)NCC2CN(CC3CCN(CC4CC4)CC3)C(=O)CO2)o1. The summed E-state index contributed by atoms with van der Waals surface area (Å²) in [5, 5.41) is 2.75. The molecule has 3 aliphatic rings. The first-order valence-electron chi connectivity index (χ1n) is 11.0. The van der Waals surface area contributed by atoms with Crippen molar-refractivity contribution in [1.29, 1.82) is 0 Å². The van der Waals surface area contributed by atoms with Crippen molar-refractivity contribution in [2.75, 3.05) is 45.9 Å². The standard InChI is InChI=1S/C22H31N3O5/c1-15-8-18(26)9-20(30-15)22(28)23-10-19-13-25(21(27)14-29-19)12-17-4-6-24(7-5-17)11-16-2-3-16/h8-9,16-17,19H,2-7,10-14H2,1H3,(H,23,28). The van der Waals surface area contributed by atoms with E-state index in [-0.39, 0.29) is 36.4 Å². The first-order chi connectivity index (χ1) is 14.5. The molecule has 1 aromatic heterocycles. The van der Waals surface area contributed by atoms with Gasteiger partial charge in [0.05, 0.1) is 6.10 Å². The van der Waals surface area contributed by atoms with Gasteiger partial charge in [-0.25, -0.2) is 0 Å². The summed E-state index contributed by atoms with van der Waals surface area (Å²) in [4.78, 5) is 40.6. The summed E-state index contributed by atoms with van der Waals surface area (Å²) in [6.07, 6.45) is 4.76. The molecule has 1 saturated carbocycles. The van der Waals surface area contributed by atoms with Gasteiger partial charge in [0.15, 0.2) is 11.2 Å². The fourth-order valence-electron chi connectivity index (χ4n) is 4.32. The topological polar surface area (TPSA) is 92.1 Å². The molecule has 164 valence electrons. The van der Waals surface area contributed by atoms with Crippen LogP contribution in [-0.4, -0.2) is 73.6 Å². The number of nitrogens with one attached hydrogen (secondary N) is 1. The number of piperidine rings is 1. The Morgan fingerprint density at radius 2 is 1.83 bits per heavy atom. The number of likely N-dealkylation sites (tertiary alicyclic amines) is 1. The van der Waals surface area contributed by atoms with Crippen molar-refractivity contribution in [2.45, 2.75) is 38.7 Å². The minimum atomic E-state index is -0.453. The van der Waals surface area contributed by atoms with E-state index in [2.05, 4.69) is 10.2 Å². The van der Waals surface area contributed by atoms with Gasteiger partial charge in [0.1, 0.15) is 12.4 Å². The third-order valence-electron chi connectivity index (χ3n) is 6.22. The summed E-state index contributed by atoms with van der Waals surface area (Å²) in [6, 6.07) is 2.51. The van der Waals surface area contributed by atoms with Gasteiger partial charge in [0, 0.05) is 38.3 Å². The van der Waals surface area contributed by atoms with Gasteiger partial charge in [0.25, 0.3) is 5.91 Å². The lowest BCUT2D eigenvalue weighted by atomic mass is 9.95. The van der Waals surface area contributed by atoms with Crippen molar-refractivity contribution in [3.05, 3.63) is 33.9 Å². The average Bonchev–Trinajstić information content (AvgIpc) is 3.53. The van der Waals surface area contributed by atoms with E-state index in [9.17, 15) is 14.4 Å². The van der Waals surface area contributed by atoms with Crippen molar-refractivity contribution in [3.8, 4) is 0 Å². The second kappa shape index (κ2) is 9.31. The first-order valence-corrected chi connectivity index (χ1v) is 11.0. The predicted molar refractivity (Wildman–Crippen MR) is 110 cm³/mol. The Kier molecular flexibility index (Phi) is 6.53. The highest BCUT2D eigenvalue weighted by molar-refractivity contribution is 5.91. The number of morpholine rings is 1. The minimum absolute atomic E-state index is 0.0123. The number of hydrogen-bond donors (Lipinski definition) is 1. The third-order valence-corrected chi connectivity index (χ3v) is 6.22. The number of hydrogen-bond acceptors (Lipinski definition) is 6. The predicted octanol–water partition coefficient (Wildman–Crippen LogP) is 1.03. The molecule has 0 aromatic carbocycles. The van der Waals surface area contributed by atoms with Gasteiger partial charge in [-0.1, -0.05) is 0 Å². The summed E-state index contributed by atoms with van der Waals surface area (Å²) in [5.41, 5.74) is -0.266. The maximum atomic E-state index is 12.3. The Morgan fingerprint density at radius 1 is 1.10 bits per heavy atom. The molecule has 2 amide bonds. The molecule has 0 radical (unpaired) electrons. The molecular weight excluding hydrogens is 386 g/mol. The zero-order chi connectivity index (χ0) is 21.1. The molecule has 8 nitrogen and oxygen atoms in total. The van der Waals surface area contributed by atoms with Crippen molar-refractivity contribution >= 4 is 11.8 Å². The van der Waals surface area contributed by atoms with Crippen molar-refractivity contribution in [1.82, 2.24) is 15.1 Å². The Balaban J connectivity index is 1.23. The van der Waals surface area contributed by atoms with E-state index < -0.39 is 5.91 Å². The van der Waals surface area contributed by atoms with Gasteiger partial charge >= 0.3 is 0 Å². The van der Waals surface area contributed by atoms with Crippen LogP contribution in [0.4, 0.5) is 0 Å². The second-order valence-corrected chi connectivity index (χ2v) is 8.90. The van der Waals surface area contributed by atoms with Gasteiger partial charge in [-0.05, 0) is 57.5 Å². The molecule has 1 atom stereocenters. The normalized spacial score (nSPS) is 23.6. The highest BCUT2D eigenvalue weighted by atomic mass is 16.5. The van der Waals surface area contributed by atoms with Crippen LogP contribution in [0.15, 0.2) is 21.3 Å². The Bertz CT molecular complexity index is 826. The monoisotopic (exact) mass is 417 g/mol. The lowest BCUT2D eigenvalue weighted by molar-refractivity contribution is -0.149. The van der Waals surface area contributed by atoms with Crippen LogP contribution in [0.2, 0.25) is 0 Å². The molecule has 3 fully saturated rings. The van der Waals surface area contributed by atoms with Gasteiger partial charge in [0.2, 0.25) is 5.91 Å². The molecule has 30 heavy (non-hydrogen) atoms. The first kappa shape index (κ1) is 21.1. The number of nitrogens with zero attached hydrogens (tertiary/aromatic N) is 2. The number of amides is 2. The lowest BCUT2D eigenvalue weighted by Crippen LogP contribution is -2.52. The summed E-state index contributed by atoms with van der Waals surface area (Å²) < 4.78 is 10.9. The summed E-state index contributed by atoms with van der Waals surface area (Å²) in [5.74, 6) is 1.39. The number of carbonyl (C=O) groups excluding carboxylic acids is 2. The van der Waals surface area contributed by atoms with Gasteiger partial charge in [-0.3, -0.25) is 14.4 Å². The molecule has 1 aliphatic carbocycles. The molecule has 2 saturated heterocycles. The quantitative estimate of drug-likeness (QED) is 0.712. The van der Waals surface area contributed by atoms with Crippen LogP contribution < -0.4 is 10.7 Å². The summed E-state index contributed by atoms with van der Waals surface area (Å²) in [6.45, 7) is 6.66. The zero-order valence-electron chi connectivity index (χ0n) is 17.6. The molecule has 0 bridgehead atoms. The van der Waals surface area contributed by atoms with Crippen molar-refractivity contribution < 1.29 is 18.7 Å². The molecule has 3 heterocycles. The number of aryl methyl sites for hydroxylation is 1. The van der Waals surface area contributed by atoms with Crippen molar-refractivity contribution in [2.24, 2.45) is 11.8 Å². The van der Waals surface area contributed by atoms with E-state index in [0.29, 0.717) is 18.2 Å². The maximum absolute atomic E-state index is 12.3. The largest absolute Gasteiger partial charge is 0.456 e. The van der Waals surface area contributed by atoms with Crippen LogP contribution in [-0.2, 0) is 9.53 Å². The minimum Gasteiger partial charge on any atom is -0.456 e. The number of rotatable bonds is 7. The van der Waals surface area contributed by atoms with E-state index in [0.717, 1.165) is 38.4 Å². The maximum Gasteiger partial charge on any atom is 0.287 e. The Labute approximate surface area is 176 Å². The summed E-state index contributed by atoms with van der Waals surface area (Å²) >= 11 is 0. The Hall–Kier alpha value is -2.19. The molecule has 8 heteroatoms. The van der Waals surface area contributed by atoms with E-state index >= 15 is 0 Å². The second-order valence-electron chi connectivity index (χ2n) is 8.90. The third kappa shape index (κ3) is 5.70. The van der Waals surface area contributed by atoms with Crippen LogP contribution in [0, 0.1) is 18.8 Å². The molecule has 1 unspecified atom stereocenters. The van der Waals surface area contributed by atoms with Crippen molar-refractivity contribution in [3.63, 3.8) is 0 Å². The van der Waals surface area contributed by atoms with Gasteiger partial charge < -0.3 is 24.3 Å². The molecule has 4 rings (SSSR count). The van der Waals surface area contributed by atoms with Gasteiger partial charge in [-0.15, -0.1) is 0 Å². The van der Waals surface area contributed by atoms with E-state index in [4.69, 9.17) is 9.15 Å².